The summed E-state index contributed by atoms with van der Waals surface area (Å²) in [5, 5.41) is 16.4. The zero-order chi connectivity index (χ0) is 13.8. The molecule has 1 aliphatic heterocycles. The topological polar surface area (TPSA) is 114 Å². The molecule has 8 nitrogen and oxygen atoms in total. The number of carbonyl (C=O) groups is 2. The van der Waals surface area contributed by atoms with Crippen molar-refractivity contribution < 1.29 is 14.7 Å². The van der Waals surface area contributed by atoms with Crippen molar-refractivity contribution in [3.05, 3.63) is 11.9 Å². The summed E-state index contributed by atoms with van der Waals surface area (Å²) in [6, 6.07) is -0.206. The van der Waals surface area contributed by atoms with E-state index in [0.29, 0.717) is 12.2 Å². The van der Waals surface area contributed by atoms with Gasteiger partial charge in [-0.2, -0.15) is 0 Å². The number of likely N-dealkylation sites (tertiary alicyclic amines) is 1. The molecule has 1 aromatic heterocycles. The molecule has 0 aromatic carbocycles. The molecule has 1 unspecified atom stereocenters. The lowest BCUT2D eigenvalue weighted by atomic mass is 10.1. The Kier molecular flexibility index (Phi) is 4.10. The van der Waals surface area contributed by atoms with Crippen LogP contribution in [0.1, 0.15) is 25.0 Å². The van der Waals surface area contributed by atoms with Gasteiger partial charge in [0.1, 0.15) is 6.54 Å². The molecule has 2 rings (SSSR count). The highest BCUT2D eigenvalue weighted by molar-refractivity contribution is 5.77. The minimum Gasteiger partial charge on any atom is -0.481 e. The van der Waals surface area contributed by atoms with Gasteiger partial charge in [-0.3, -0.25) is 9.59 Å². The molecule has 2 heterocycles. The highest BCUT2D eigenvalue weighted by Crippen LogP contribution is 2.20. The average molecular weight is 267 g/mol. The SMILES string of the molecule is NCc1cn(CC(=O)N2CCCC2CC(=O)O)nn1. The number of carbonyl (C=O) groups excluding carboxylic acids is 1. The third-order valence-corrected chi connectivity index (χ3v) is 3.20. The third kappa shape index (κ3) is 3.28. The molecule has 104 valence electrons. The summed E-state index contributed by atoms with van der Waals surface area (Å²) >= 11 is 0. The van der Waals surface area contributed by atoms with Crippen LogP contribution in [0, 0.1) is 0 Å². The van der Waals surface area contributed by atoms with Crippen LogP contribution >= 0.6 is 0 Å². The fourth-order valence-corrected chi connectivity index (χ4v) is 2.32. The largest absolute Gasteiger partial charge is 0.481 e. The van der Waals surface area contributed by atoms with Gasteiger partial charge in [-0.1, -0.05) is 5.21 Å². The van der Waals surface area contributed by atoms with E-state index in [1.165, 1.54) is 4.68 Å². The molecule has 0 spiro atoms. The number of carboxylic acids is 1. The lowest BCUT2D eigenvalue weighted by molar-refractivity contribution is -0.140. The summed E-state index contributed by atoms with van der Waals surface area (Å²) in [6.07, 6.45) is 3.20. The zero-order valence-electron chi connectivity index (χ0n) is 10.5. The number of nitrogens with two attached hydrogens (primary N) is 1. The van der Waals surface area contributed by atoms with Gasteiger partial charge in [-0.25, -0.2) is 4.68 Å². The van der Waals surface area contributed by atoms with Crippen LogP contribution in [0.25, 0.3) is 0 Å². The van der Waals surface area contributed by atoms with Crippen LogP contribution in [0.5, 0.6) is 0 Å². The minimum atomic E-state index is -0.879. The predicted octanol–water partition coefficient (Wildman–Crippen LogP) is -0.797. The minimum absolute atomic E-state index is 0.00283. The number of hydrogen-bond acceptors (Lipinski definition) is 5. The first kappa shape index (κ1) is 13.5. The standard InChI is InChI=1S/C11H17N5O3/c12-5-8-6-15(14-13-8)7-10(17)16-3-1-2-9(16)4-11(18)19/h6,9H,1-5,7,12H2,(H,18,19). The number of carboxylic acid groups (broad SMARTS) is 1. The first-order chi connectivity index (χ1) is 9.10. The molecule has 8 heteroatoms. The Morgan fingerprint density at radius 3 is 2.95 bits per heavy atom. The Morgan fingerprint density at radius 1 is 1.53 bits per heavy atom. The van der Waals surface area contributed by atoms with Gasteiger partial charge < -0.3 is 15.7 Å². The number of aliphatic carboxylic acids is 1. The van der Waals surface area contributed by atoms with Gasteiger partial charge in [0.15, 0.2) is 0 Å². The quantitative estimate of drug-likeness (QED) is 0.722. The normalized spacial score (nSPS) is 18.8. The summed E-state index contributed by atoms with van der Waals surface area (Å²) in [7, 11) is 0. The Morgan fingerprint density at radius 2 is 2.32 bits per heavy atom. The summed E-state index contributed by atoms with van der Waals surface area (Å²) in [6.45, 7) is 0.956. The van der Waals surface area contributed by atoms with Gasteiger partial charge >= 0.3 is 5.97 Å². The molecular formula is C11H17N5O3. The maximum atomic E-state index is 12.1. The molecule has 1 aromatic rings. The average Bonchev–Trinajstić information content (AvgIpc) is 2.97. The summed E-state index contributed by atoms with van der Waals surface area (Å²) in [4.78, 5) is 24.5. The van der Waals surface area contributed by atoms with E-state index in [1.807, 2.05) is 0 Å². The van der Waals surface area contributed by atoms with Crippen molar-refractivity contribution in [2.24, 2.45) is 5.73 Å². The molecule has 1 saturated heterocycles. The monoisotopic (exact) mass is 267 g/mol. The van der Waals surface area contributed by atoms with E-state index in [-0.39, 0.29) is 31.5 Å². The lowest BCUT2D eigenvalue weighted by Gasteiger charge is -2.23. The van der Waals surface area contributed by atoms with Gasteiger partial charge in [-0.05, 0) is 12.8 Å². The molecule has 3 N–H and O–H groups in total. The molecule has 1 atom stereocenters. The maximum Gasteiger partial charge on any atom is 0.305 e. The molecule has 1 amide bonds. The second-order valence-electron chi connectivity index (χ2n) is 4.59. The Hall–Kier alpha value is -1.96. The van der Waals surface area contributed by atoms with Crippen molar-refractivity contribution in [1.29, 1.82) is 0 Å². The molecule has 1 aliphatic rings. The second-order valence-corrected chi connectivity index (χ2v) is 4.59. The summed E-state index contributed by atoms with van der Waals surface area (Å²) in [5.74, 6) is -1.01. The number of nitrogens with zero attached hydrogens (tertiary/aromatic N) is 4. The highest BCUT2D eigenvalue weighted by Gasteiger charge is 2.30. The van der Waals surface area contributed by atoms with Crippen molar-refractivity contribution in [3.8, 4) is 0 Å². The first-order valence-corrected chi connectivity index (χ1v) is 6.20. The Bertz CT molecular complexity index is 473. The van der Waals surface area contributed by atoms with Crippen LogP contribution in [-0.2, 0) is 22.7 Å². The van der Waals surface area contributed by atoms with Gasteiger partial charge in [0.05, 0.1) is 18.3 Å². The number of amides is 1. The van der Waals surface area contributed by atoms with Crippen molar-refractivity contribution >= 4 is 11.9 Å². The van der Waals surface area contributed by atoms with E-state index >= 15 is 0 Å². The summed E-state index contributed by atoms with van der Waals surface area (Å²) in [5.41, 5.74) is 6.04. The Balaban J connectivity index is 1.96. The van der Waals surface area contributed by atoms with Crippen LogP contribution in [-0.4, -0.2) is 49.5 Å². The second kappa shape index (κ2) is 5.79. The van der Waals surface area contributed by atoms with Crippen molar-refractivity contribution in [1.82, 2.24) is 19.9 Å². The molecule has 0 bridgehead atoms. The first-order valence-electron chi connectivity index (χ1n) is 6.20. The van der Waals surface area contributed by atoms with Crippen LogP contribution in [0.3, 0.4) is 0 Å². The molecule has 0 saturated carbocycles. The van der Waals surface area contributed by atoms with Crippen molar-refractivity contribution in [2.45, 2.75) is 38.4 Å². The van der Waals surface area contributed by atoms with Crippen LogP contribution in [0.4, 0.5) is 0 Å². The summed E-state index contributed by atoms with van der Waals surface area (Å²) < 4.78 is 1.43. The molecular weight excluding hydrogens is 250 g/mol. The van der Waals surface area contributed by atoms with Crippen molar-refractivity contribution in [2.75, 3.05) is 6.54 Å². The van der Waals surface area contributed by atoms with Gasteiger partial charge in [-0.15, -0.1) is 5.10 Å². The van der Waals surface area contributed by atoms with Crippen LogP contribution in [0.15, 0.2) is 6.20 Å². The van der Waals surface area contributed by atoms with E-state index in [9.17, 15) is 9.59 Å². The van der Waals surface area contributed by atoms with Crippen molar-refractivity contribution in [3.63, 3.8) is 0 Å². The number of rotatable bonds is 5. The van der Waals surface area contributed by atoms with E-state index in [2.05, 4.69) is 10.3 Å². The van der Waals surface area contributed by atoms with Gasteiger partial charge in [0.2, 0.25) is 5.91 Å². The maximum absolute atomic E-state index is 12.1. The molecule has 1 fully saturated rings. The molecule has 0 radical (unpaired) electrons. The smallest absolute Gasteiger partial charge is 0.305 e. The highest BCUT2D eigenvalue weighted by atomic mass is 16.4. The predicted molar refractivity (Wildman–Crippen MR) is 64.9 cm³/mol. The van der Waals surface area contributed by atoms with Gasteiger partial charge in [0, 0.05) is 19.1 Å². The number of aromatic nitrogens is 3. The lowest BCUT2D eigenvalue weighted by Crippen LogP contribution is -2.39. The van der Waals surface area contributed by atoms with Crippen LogP contribution < -0.4 is 5.73 Å². The van der Waals surface area contributed by atoms with E-state index in [0.717, 1.165) is 12.8 Å². The van der Waals surface area contributed by atoms with E-state index < -0.39 is 5.97 Å². The van der Waals surface area contributed by atoms with Gasteiger partial charge in [0.25, 0.3) is 0 Å². The number of hydrogen-bond donors (Lipinski definition) is 2. The van der Waals surface area contributed by atoms with E-state index in [4.69, 9.17) is 10.8 Å². The molecule has 19 heavy (non-hydrogen) atoms. The van der Waals surface area contributed by atoms with Crippen LogP contribution in [0.2, 0.25) is 0 Å². The molecule has 0 aliphatic carbocycles. The Labute approximate surface area is 110 Å². The van der Waals surface area contributed by atoms with E-state index in [1.54, 1.807) is 11.1 Å². The zero-order valence-corrected chi connectivity index (χ0v) is 10.5. The fourth-order valence-electron chi connectivity index (χ4n) is 2.32. The third-order valence-electron chi connectivity index (χ3n) is 3.20. The fraction of sp³-hybridized carbons (Fsp3) is 0.636.